The Morgan fingerprint density at radius 3 is 2.56 bits per heavy atom. The van der Waals surface area contributed by atoms with Crippen molar-refractivity contribution in [1.82, 2.24) is 4.98 Å². The van der Waals surface area contributed by atoms with Crippen LogP contribution in [0.15, 0.2) is 66.7 Å². The highest BCUT2D eigenvalue weighted by atomic mass is 35.5. The van der Waals surface area contributed by atoms with Crippen LogP contribution in [0.2, 0.25) is 5.02 Å². The van der Waals surface area contributed by atoms with Crippen molar-refractivity contribution in [3.8, 4) is 11.3 Å². The van der Waals surface area contributed by atoms with Crippen LogP contribution in [0.5, 0.6) is 0 Å². The summed E-state index contributed by atoms with van der Waals surface area (Å²) >= 11 is 8.70. The van der Waals surface area contributed by atoms with Crippen LogP contribution >= 0.6 is 34.3 Å². The van der Waals surface area contributed by atoms with Crippen molar-refractivity contribution in [3.05, 3.63) is 98.2 Å². The van der Waals surface area contributed by atoms with Crippen LogP contribution in [0, 0.1) is 0 Å². The second kappa shape index (κ2) is 10.4. The number of fused-ring (bicyclic) bond motifs is 2. The Kier molecular flexibility index (Phi) is 6.85. The van der Waals surface area contributed by atoms with Crippen molar-refractivity contribution >= 4 is 67.1 Å². The van der Waals surface area contributed by atoms with E-state index in [1.54, 1.807) is 0 Å². The molecule has 1 atom stereocenters. The van der Waals surface area contributed by atoms with Gasteiger partial charge in [0.15, 0.2) is 0 Å². The van der Waals surface area contributed by atoms with Gasteiger partial charge < -0.3 is 15.8 Å². The fourth-order valence-electron chi connectivity index (χ4n) is 5.11. The summed E-state index contributed by atoms with van der Waals surface area (Å²) in [7, 11) is 1.36. The van der Waals surface area contributed by atoms with Gasteiger partial charge in [0, 0.05) is 20.8 Å². The number of nitrogens with zero attached hydrogens (tertiary/aromatic N) is 1. The number of esters is 1. The van der Waals surface area contributed by atoms with E-state index in [0.717, 1.165) is 41.0 Å². The molecule has 196 valence electrons. The summed E-state index contributed by atoms with van der Waals surface area (Å²) in [6, 6.07) is 21.6. The summed E-state index contributed by atoms with van der Waals surface area (Å²) in [6.07, 6.45) is 2.48. The second-order valence-corrected chi connectivity index (χ2v) is 11.9. The Labute approximate surface area is 238 Å². The molecule has 0 radical (unpaired) electrons. The van der Waals surface area contributed by atoms with E-state index in [1.807, 2.05) is 54.6 Å². The molecule has 39 heavy (non-hydrogen) atoms. The Balaban J connectivity index is 1.31. The maximum atomic E-state index is 13.5. The number of carbonyl (C=O) groups excluding carboxylic acids is 2. The van der Waals surface area contributed by atoms with Gasteiger partial charge in [0.1, 0.15) is 14.7 Å². The molecule has 1 amide bonds. The van der Waals surface area contributed by atoms with Gasteiger partial charge >= 0.3 is 5.97 Å². The van der Waals surface area contributed by atoms with Gasteiger partial charge in [-0.25, -0.2) is 9.78 Å². The number of rotatable bonds is 5. The van der Waals surface area contributed by atoms with E-state index in [4.69, 9.17) is 27.1 Å². The van der Waals surface area contributed by atoms with Crippen LogP contribution in [0.3, 0.4) is 0 Å². The lowest BCUT2D eigenvalue weighted by atomic mass is 9.83. The normalized spacial score (nSPS) is 14.7. The predicted octanol–water partition coefficient (Wildman–Crippen LogP) is 7.57. The minimum atomic E-state index is -0.445. The van der Waals surface area contributed by atoms with E-state index in [1.165, 1.54) is 35.3 Å². The Bertz CT molecular complexity index is 1710. The first-order valence-corrected chi connectivity index (χ1v) is 14.5. The molecular formula is C30H24ClN3O3S2. The molecular weight excluding hydrogens is 550 g/mol. The molecule has 9 heteroatoms. The third-order valence-electron chi connectivity index (χ3n) is 7.09. The predicted molar refractivity (Wildman–Crippen MR) is 159 cm³/mol. The smallest absolute Gasteiger partial charge is 0.341 e. The number of ether oxygens (including phenoxy) is 1. The van der Waals surface area contributed by atoms with Crippen molar-refractivity contribution < 1.29 is 14.3 Å². The number of pyridine rings is 1. The first-order chi connectivity index (χ1) is 18.9. The number of halogens is 1. The molecule has 0 bridgehead atoms. The number of anilines is 2. The fourth-order valence-corrected chi connectivity index (χ4v) is 7.53. The molecule has 0 aliphatic heterocycles. The van der Waals surface area contributed by atoms with Gasteiger partial charge in [-0.15, -0.1) is 22.7 Å². The molecule has 6 nitrogen and oxygen atoms in total. The van der Waals surface area contributed by atoms with Gasteiger partial charge in [0.25, 0.3) is 5.91 Å². The number of thiophene rings is 2. The molecule has 2 aromatic carbocycles. The minimum absolute atomic E-state index is 0.357. The van der Waals surface area contributed by atoms with Gasteiger partial charge in [-0.3, -0.25) is 4.79 Å². The summed E-state index contributed by atoms with van der Waals surface area (Å²) in [5.74, 6) is -0.447. The highest BCUT2D eigenvalue weighted by Gasteiger charge is 2.31. The van der Waals surface area contributed by atoms with Crippen LogP contribution < -0.4 is 11.1 Å². The number of nitrogens with one attached hydrogen (secondary N) is 1. The number of benzene rings is 2. The summed E-state index contributed by atoms with van der Waals surface area (Å²) in [6.45, 7) is 0. The third kappa shape index (κ3) is 4.80. The third-order valence-corrected chi connectivity index (χ3v) is 9.63. The molecule has 3 aromatic heterocycles. The van der Waals surface area contributed by atoms with Crippen LogP contribution in [0.4, 0.5) is 10.7 Å². The Hall–Kier alpha value is -3.72. The monoisotopic (exact) mass is 573 g/mol. The van der Waals surface area contributed by atoms with Gasteiger partial charge in [-0.2, -0.15) is 0 Å². The highest BCUT2D eigenvalue weighted by Crippen LogP contribution is 2.43. The lowest BCUT2D eigenvalue weighted by molar-refractivity contribution is 0.0601. The maximum absolute atomic E-state index is 13.5. The molecule has 5 aromatic rings. The van der Waals surface area contributed by atoms with Crippen LogP contribution in [-0.4, -0.2) is 24.0 Å². The number of hydrogen-bond acceptors (Lipinski definition) is 7. The molecule has 1 aliphatic rings. The number of hydrogen-bond donors (Lipinski definition) is 2. The zero-order valence-corrected chi connectivity index (χ0v) is 23.4. The zero-order chi connectivity index (χ0) is 27.1. The number of nitrogen functional groups attached to an aromatic ring is 1. The van der Waals surface area contributed by atoms with Crippen molar-refractivity contribution in [3.63, 3.8) is 0 Å². The van der Waals surface area contributed by atoms with E-state index >= 15 is 0 Å². The first kappa shape index (κ1) is 25.6. The quantitative estimate of drug-likeness (QED) is 0.211. The van der Waals surface area contributed by atoms with Crippen molar-refractivity contribution in [2.45, 2.75) is 25.2 Å². The largest absolute Gasteiger partial charge is 0.465 e. The van der Waals surface area contributed by atoms with Crippen molar-refractivity contribution in [2.24, 2.45) is 0 Å². The average Bonchev–Trinajstić information content (AvgIpc) is 3.49. The molecule has 3 heterocycles. The SMILES string of the molecule is COC(=O)c1c(NC(=O)c2sc3nc(-c4ccc(Cl)cc4)ccc3c2N)sc2c1CCC(c1ccccc1)C2. The Morgan fingerprint density at radius 2 is 1.82 bits per heavy atom. The lowest BCUT2D eigenvalue weighted by Crippen LogP contribution is -2.16. The number of carbonyl (C=O) groups is 2. The Morgan fingerprint density at radius 1 is 1.05 bits per heavy atom. The summed E-state index contributed by atoms with van der Waals surface area (Å²) in [5.41, 5.74) is 11.2. The molecule has 3 N–H and O–H groups in total. The summed E-state index contributed by atoms with van der Waals surface area (Å²) < 4.78 is 5.11. The molecule has 0 saturated heterocycles. The lowest BCUT2D eigenvalue weighted by Gasteiger charge is -2.22. The molecule has 0 spiro atoms. The van der Waals surface area contributed by atoms with E-state index in [0.29, 0.717) is 42.3 Å². The van der Waals surface area contributed by atoms with Crippen LogP contribution in [0.25, 0.3) is 21.5 Å². The summed E-state index contributed by atoms with van der Waals surface area (Å²) in [5, 5.41) is 4.84. The van der Waals surface area contributed by atoms with Gasteiger partial charge in [0.05, 0.1) is 24.1 Å². The van der Waals surface area contributed by atoms with Crippen LogP contribution in [0.1, 0.15) is 48.4 Å². The standard InChI is InChI=1S/C30H24ClN3O3S2/c1-37-30(36)24-20-12-9-18(16-5-3-2-4-6-16)15-23(20)38-29(24)34-27(35)26-25(32)21-13-14-22(33-28(21)39-26)17-7-10-19(31)11-8-17/h2-8,10-11,13-14,18H,9,12,15,32H2,1H3,(H,34,35). The molecule has 1 aliphatic carbocycles. The molecule has 0 saturated carbocycles. The first-order valence-electron chi connectivity index (χ1n) is 12.5. The van der Waals surface area contributed by atoms with E-state index in [2.05, 4.69) is 17.4 Å². The van der Waals surface area contributed by atoms with Crippen molar-refractivity contribution in [1.29, 1.82) is 0 Å². The zero-order valence-electron chi connectivity index (χ0n) is 21.0. The number of nitrogens with two attached hydrogens (primary N) is 1. The van der Waals surface area contributed by atoms with Gasteiger partial charge in [0.2, 0.25) is 0 Å². The molecule has 6 rings (SSSR count). The summed E-state index contributed by atoms with van der Waals surface area (Å²) in [4.78, 5) is 33.2. The topological polar surface area (TPSA) is 94.3 Å². The van der Waals surface area contributed by atoms with Crippen molar-refractivity contribution in [2.75, 3.05) is 18.2 Å². The van der Waals surface area contributed by atoms with E-state index < -0.39 is 5.97 Å². The number of methoxy groups -OCH3 is 1. The van der Waals surface area contributed by atoms with Crippen LogP contribution in [-0.2, 0) is 17.6 Å². The van der Waals surface area contributed by atoms with Gasteiger partial charge in [-0.05, 0) is 60.6 Å². The minimum Gasteiger partial charge on any atom is -0.465 e. The number of amides is 1. The molecule has 0 fully saturated rings. The van der Waals surface area contributed by atoms with E-state index in [-0.39, 0.29) is 5.91 Å². The molecule has 1 unspecified atom stereocenters. The maximum Gasteiger partial charge on any atom is 0.341 e. The van der Waals surface area contributed by atoms with Gasteiger partial charge in [-0.1, -0.05) is 54.1 Å². The average molecular weight is 574 g/mol. The second-order valence-electron chi connectivity index (χ2n) is 9.40. The number of aromatic nitrogens is 1. The van der Waals surface area contributed by atoms with E-state index in [9.17, 15) is 9.59 Å². The fraction of sp³-hybridized carbons (Fsp3) is 0.167. The highest BCUT2D eigenvalue weighted by molar-refractivity contribution is 7.21.